The molecule has 2 heterocycles. The van der Waals surface area contributed by atoms with E-state index in [9.17, 15) is 18.3 Å². The van der Waals surface area contributed by atoms with Crippen molar-refractivity contribution in [2.75, 3.05) is 19.6 Å². The van der Waals surface area contributed by atoms with Gasteiger partial charge in [-0.3, -0.25) is 4.99 Å². The summed E-state index contributed by atoms with van der Waals surface area (Å²) in [6, 6.07) is 0. The van der Waals surface area contributed by atoms with Gasteiger partial charge in [-0.15, -0.1) is 5.10 Å². The SMILES string of the molecule is CC(C)(C)OC(O)N(CCC(F)(F)F)C1=CC(OC2CCCC2)=NN2CCN=C12. The highest BCUT2D eigenvalue weighted by molar-refractivity contribution is 6.07. The predicted molar refractivity (Wildman–Crippen MR) is 102 cm³/mol. The van der Waals surface area contributed by atoms with Gasteiger partial charge in [-0.05, 0) is 46.5 Å². The minimum Gasteiger partial charge on any atom is -0.473 e. The predicted octanol–water partition coefficient (Wildman–Crippen LogP) is 3.22. The molecule has 0 spiro atoms. The van der Waals surface area contributed by atoms with E-state index in [0.717, 1.165) is 25.7 Å². The van der Waals surface area contributed by atoms with Gasteiger partial charge in [0.1, 0.15) is 6.10 Å². The van der Waals surface area contributed by atoms with Crippen molar-refractivity contribution in [2.24, 2.45) is 10.1 Å². The standard InChI is InChI=1S/C19H29F3N4O3/c1-18(2,3)29-17(27)25(10-8-19(20,21)22)14-12-15(28-13-6-4-5-7-13)24-26-11-9-23-16(14)26/h12-13,17,27H,4-11H2,1-3H3. The number of amidine groups is 1. The van der Waals surface area contributed by atoms with Crippen molar-refractivity contribution in [1.82, 2.24) is 9.91 Å². The van der Waals surface area contributed by atoms with E-state index in [2.05, 4.69) is 10.1 Å². The fourth-order valence-electron chi connectivity index (χ4n) is 3.50. The Labute approximate surface area is 168 Å². The first-order valence-electron chi connectivity index (χ1n) is 10.0. The fraction of sp³-hybridized carbons (Fsp3) is 0.789. The summed E-state index contributed by atoms with van der Waals surface area (Å²) in [6.07, 6.45) is -1.41. The van der Waals surface area contributed by atoms with E-state index in [1.165, 1.54) is 4.90 Å². The molecule has 29 heavy (non-hydrogen) atoms. The van der Waals surface area contributed by atoms with Gasteiger partial charge in [0, 0.05) is 12.6 Å². The zero-order chi connectivity index (χ0) is 21.2. The topological polar surface area (TPSA) is 69.9 Å². The molecule has 1 atom stereocenters. The smallest absolute Gasteiger partial charge is 0.390 e. The summed E-state index contributed by atoms with van der Waals surface area (Å²) in [6.45, 7) is 5.68. The van der Waals surface area contributed by atoms with Crippen LogP contribution in [0, 0.1) is 0 Å². The van der Waals surface area contributed by atoms with Crippen LogP contribution in [0.4, 0.5) is 13.2 Å². The van der Waals surface area contributed by atoms with Crippen molar-refractivity contribution in [3.05, 3.63) is 11.8 Å². The van der Waals surface area contributed by atoms with E-state index < -0.39 is 31.2 Å². The second-order valence-corrected chi connectivity index (χ2v) is 8.44. The lowest BCUT2D eigenvalue weighted by Crippen LogP contribution is -2.47. The summed E-state index contributed by atoms with van der Waals surface area (Å²) in [5, 5.41) is 16.7. The number of hydrazone groups is 1. The van der Waals surface area contributed by atoms with Crippen LogP contribution in [0.5, 0.6) is 0 Å². The molecular formula is C19H29F3N4O3. The first kappa shape index (κ1) is 21.9. The minimum absolute atomic E-state index is 0.0479. The van der Waals surface area contributed by atoms with E-state index in [4.69, 9.17) is 9.47 Å². The third-order valence-corrected chi connectivity index (χ3v) is 4.79. The van der Waals surface area contributed by atoms with Gasteiger partial charge in [0.15, 0.2) is 5.84 Å². The Balaban J connectivity index is 1.87. The molecule has 3 aliphatic rings. The third-order valence-electron chi connectivity index (χ3n) is 4.79. The van der Waals surface area contributed by atoms with E-state index in [1.807, 2.05) is 0 Å². The van der Waals surface area contributed by atoms with Gasteiger partial charge in [-0.2, -0.15) is 13.2 Å². The average molecular weight is 418 g/mol. The van der Waals surface area contributed by atoms with E-state index in [-0.39, 0.29) is 6.10 Å². The Kier molecular flexibility index (Phi) is 6.42. The maximum Gasteiger partial charge on any atom is 0.390 e. The van der Waals surface area contributed by atoms with Crippen molar-refractivity contribution in [3.63, 3.8) is 0 Å². The number of hydrogen-bond donors (Lipinski definition) is 1. The molecule has 3 rings (SSSR count). The van der Waals surface area contributed by atoms with Gasteiger partial charge in [0.05, 0.1) is 30.8 Å². The van der Waals surface area contributed by atoms with Crippen molar-refractivity contribution >= 4 is 11.7 Å². The van der Waals surface area contributed by atoms with Crippen molar-refractivity contribution in [2.45, 2.75) is 77.2 Å². The van der Waals surface area contributed by atoms with E-state index in [0.29, 0.717) is 30.5 Å². The van der Waals surface area contributed by atoms with Gasteiger partial charge in [-0.25, -0.2) is 5.01 Å². The maximum atomic E-state index is 12.9. The Hall–Kier alpha value is -1.81. The number of aliphatic imine (C=N–C) groups is 1. The highest BCUT2D eigenvalue weighted by Gasteiger charge is 2.37. The normalized spacial score (nSPS) is 21.5. The molecule has 1 saturated carbocycles. The molecule has 0 aromatic carbocycles. The van der Waals surface area contributed by atoms with Crippen LogP contribution in [-0.2, 0) is 9.47 Å². The largest absolute Gasteiger partial charge is 0.473 e. The minimum atomic E-state index is -4.37. The summed E-state index contributed by atoms with van der Waals surface area (Å²) >= 11 is 0. The second-order valence-electron chi connectivity index (χ2n) is 8.44. The first-order chi connectivity index (χ1) is 13.5. The third kappa shape index (κ3) is 6.08. The van der Waals surface area contributed by atoms with Crippen LogP contribution in [0.3, 0.4) is 0 Å². The van der Waals surface area contributed by atoms with E-state index >= 15 is 0 Å². The second kappa shape index (κ2) is 8.51. The molecule has 0 radical (unpaired) electrons. The first-order valence-corrected chi connectivity index (χ1v) is 10.0. The highest BCUT2D eigenvalue weighted by Crippen LogP contribution is 2.28. The number of ether oxygens (including phenoxy) is 2. The molecule has 1 aliphatic carbocycles. The van der Waals surface area contributed by atoms with Gasteiger partial charge < -0.3 is 19.5 Å². The number of rotatable bonds is 6. The summed E-state index contributed by atoms with van der Waals surface area (Å²) in [5.41, 5.74) is -0.425. The van der Waals surface area contributed by atoms with Gasteiger partial charge >= 0.3 is 6.18 Å². The molecule has 1 unspecified atom stereocenters. The lowest BCUT2D eigenvalue weighted by Gasteiger charge is -2.37. The van der Waals surface area contributed by atoms with Crippen LogP contribution in [0.25, 0.3) is 0 Å². The zero-order valence-electron chi connectivity index (χ0n) is 17.1. The zero-order valence-corrected chi connectivity index (χ0v) is 17.1. The molecule has 164 valence electrons. The number of aliphatic hydroxyl groups excluding tert-OH is 1. The molecule has 7 nitrogen and oxygen atoms in total. The molecule has 0 aromatic heterocycles. The van der Waals surface area contributed by atoms with Crippen LogP contribution in [0.1, 0.15) is 52.9 Å². The quantitative estimate of drug-likeness (QED) is 0.671. The molecule has 0 aromatic rings. The van der Waals surface area contributed by atoms with Crippen molar-refractivity contribution in [1.29, 1.82) is 0 Å². The Morgan fingerprint density at radius 2 is 1.97 bits per heavy atom. The van der Waals surface area contributed by atoms with Crippen LogP contribution >= 0.6 is 0 Å². The molecule has 10 heteroatoms. The van der Waals surface area contributed by atoms with Crippen LogP contribution in [-0.4, -0.2) is 70.7 Å². The summed E-state index contributed by atoms with van der Waals surface area (Å²) in [5.74, 6) is 0.746. The van der Waals surface area contributed by atoms with Crippen molar-refractivity contribution in [3.8, 4) is 0 Å². The monoisotopic (exact) mass is 418 g/mol. The lowest BCUT2D eigenvalue weighted by atomic mass is 10.2. The Morgan fingerprint density at radius 1 is 1.28 bits per heavy atom. The van der Waals surface area contributed by atoms with Gasteiger partial charge in [0.2, 0.25) is 12.3 Å². The molecule has 0 saturated heterocycles. The molecular weight excluding hydrogens is 389 g/mol. The van der Waals surface area contributed by atoms with E-state index in [1.54, 1.807) is 31.9 Å². The summed E-state index contributed by atoms with van der Waals surface area (Å²) in [4.78, 5) is 5.55. The maximum absolute atomic E-state index is 12.9. The summed E-state index contributed by atoms with van der Waals surface area (Å²) in [7, 11) is 0. The van der Waals surface area contributed by atoms with Crippen LogP contribution in [0.15, 0.2) is 21.9 Å². The van der Waals surface area contributed by atoms with Gasteiger partial charge in [-0.1, -0.05) is 0 Å². The average Bonchev–Trinajstić information content (AvgIpc) is 3.23. The molecule has 0 amide bonds. The Bertz CT molecular complexity index is 679. The van der Waals surface area contributed by atoms with Gasteiger partial charge in [0.25, 0.3) is 0 Å². The fourth-order valence-corrected chi connectivity index (χ4v) is 3.50. The highest BCUT2D eigenvalue weighted by atomic mass is 19.4. The van der Waals surface area contributed by atoms with Crippen LogP contribution < -0.4 is 0 Å². The Morgan fingerprint density at radius 3 is 2.59 bits per heavy atom. The molecule has 1 fully saturated rings. The molecule has 0 bridgehead atoms. The number of halogens is 3. The van der Waals surface area contributed by atoms with Crippen LogP contribution in [0.2, 0.25) is 0 Å². The number of fused-ring (bicyclic) bond motifs is 1. The number of aliphatic hydroxyl groups is 1. The molecule has 1 N–H and O–H groups in total. The number of hydrogen-bond acceptors (Lipinski definition) is 7. The lowest BCUT2D eigenvalue weighted by molar-refractivity contribution is -0.233. The van der Waals surface area contributed by atoms with Crippen molar-refractivity contribution < 1.29 is 27.8 Å². The number of alkyl halides is 3. The summed E-state index contributed by atoms with van der Waals surface area (Å²) < 4.78 is 50.4. The number of nitrogens with zero attached hydrogens (tertiary/aromatic N) is 4. The molecule has 2 aliphatic heterocycles.